The molecule has 0 unspecified atom stereocenters. The molecule has 0 saturated carbocycles. The van der Waals surface area contributed by atoms with Crippen LogP contribution in [0.15, 0.2) is 34.1 Å². The van der Waals surface area contributed by atoms with Gasteiger partial charge in [-0.2, -0.15) is 0 Å². The first-order valence-electron chi connectivity index (χ1n) is 8.49. The molecule has 0 aromatic heterocycles. The lowest BCUT2D eigenvalue weighted by molar-refractivity contribution is -0.120. The molecule has 0 bridgehead atoms. The van der Waals surface area contributed by atoms with Crippen molar-refractivity contribution < 1.29 is 14.3 Å². The van der Waals surface area contributed by atoms with Crippen molar-refractivity contribution in [2.24, 2.45) is 0 Å². The number of ether oxygens (including phenoxy) is 2. The first-order valence-corrected chi connectivity index (χ1v) is 10.4. The lowest BCUT2D eigenvalue weighted by atomic mass is 10.2. The van der Waals surface area contributed by atoms with Crippen molar-refractivity contribution in [2.45, 2.75) is 35.5 Å². The third kappa shape index (κ3) is 5.17. The molecule has 27 heavy (non-hydrogen) atoms. The summed E-state index contributed by atoms with van der Waals surface area (Å²) in [5, 5.41) is 4.03. The lowest BCUT2D eigenvalue weighted by Crippen LogP contribution is -2.16. The van der Waals surface area contributed by atoms with Gasteiger partial charge in [-0.1, -0.05) is 46.6 Å². The number of unbranched alkanes of at least 4 members (excludes halogenated alkanes) is 2. The van der Waals surface area contributed by atoms with Gasteiger partial charge < -0.3 is 14.8 Å². The van der Waals surface area contributed by atoms with Gasteiger partial charge in [-0.3, -0.25) is 4.79 Å². The van der Waals surface area contributed by atoms with Gasteiger partial charge in [0.1, 0.15) is 17.2 Å². The van der Waals surface area contributed by atoms with Crippen LogP contribution in [0.4, 0.5) is 0 Å². The molecule has 8 heteroatoms. The number of halogens is 3. The molecule has 0 atom stereocenters. The van der Waals surface area contributed by atoms with E-state index in [1.54, 1.807) is 25.2 Å². The van der Waals surface area contributed by atoms with Gasteiger partial charge in [0.15, 0.2) is 0 Å². The molecule has 0 aliphatic carbocycles. The minimum atomic E-state index is 0.0624. The molecule has 1 aliphatic heterocycles. The highest BCUT2D eigenvalue weighted by atomic mass is 35.5. The molecule has 1 amide bonds. The number of carbonyl (C=O) groups excluding carboxylic acids is 1. The number of rotatable bonds is 7. The summed E-state index contributed by atoms with van der Waals surface area (Å²) in [4.78, 5) is 13.0. The first kappa shape index (κ1) is 20.5. The molecular weight excluding hydrogens is 429 g/mol. The molecule has 3 rings (SSSR count). The Hall–Kier alpha value is -1.27. The summed E-state index contributed by atoms with van der Waals surface area (Å²) in [6.07, 6.45) is 3.15. The average molecular weight is 447 g/mol. The molecule has 0 radical (unpaired) electrons. The fourth-order valence-electron chi connectivity index (χ4n) is 2.56. The number of fused-ring (bicyclic) bond motifs is 2. The zero-order chi connectivity index (χ0) is 19.4. The van der Waals surface area contributed by atoms with Gasteiger partial charge in [0.05, 0.1) is 31.5 Å². The van der Waals surface area contributed by atoms with Gasteiger partial charge in [-0.15, -0.1) is 0 Å². The normalized spacial score (nSPS) is 12.0. The van der Waals surface area contributed by atoms with E-state index in [2.05, 4.69) is 5.32 Å². The molecule has 144 valence electrons. The maximum atomic E-state index is 11.2. The maximum absolute atomic E-state index is 11.2. The van der Waals surface area contributed by atoms with Crippen molar-refractivity contribution in [3.8, 4) is 17.2 Å². The highest BCUT2D eigenvalue weighted by molar-refractivity contribution is 7.99. The fraction of sp³-hybridized carbons (Fsp3) is 0.316. The van der Waals surface area contributed by atoms with Crippen LogP contribution in [0.3, 0.4) is 0 Å². The van der Waals surface area contributed by atoms with Gasteiger partial charge in [-0.05, 0) is 31.4 Å². The van der Waals surface area contributed by atoms with Crippen LogP contribution >= 0.6 is 46.6 Å². The van der Waals surface area contributed by atoms with Gasteiger partial charge in [0.25, 0.3) is 0 Å². The van der Waals surface area contributed by atoms with Crippen LogP contribution in [0.1, 0.15) is 25.7 Å². The van der Waals surface area contributed by atoms with E-state index in [1.165, 1.54) is 11.8 Å². The van der Waals surface area contributed by atoms with Gasteiger partial charge in [-0.25, -0.2) is 0 Å². The van der Waals surface area contributed by atoms with E-state index in [9.17, 15) is 4.79 Å². The van der Waals surface area contributed by atoms with E-state index >= 15 is 0 Å². The second-order valence-corrected chi connectivity index (χ2v) is 8.28. The summed E-state index contributed by atoms with van der Waals surface area (Å²) >= 11 is 20.0. The van der Waals surface area contributed by atoms with Crippen molar-refractivity contribution in [2.75, 3.05) is 13.7 Å². The fourth-order valence-corrected chi connectivity index (χ4v) is 4.14. The second-order valence-electron chi connectivity index (χ2n) is 5.98. The SMILES string of the molecule is CNC(=O)CCCCCOc1cc2c(cc1Cl)Oc1cc(Cl)c(Cl)cc1S2. The minimum Gasteiger partial charge on any atom is -0.492 e. The summed E-state index contributed by atoms with van der Waals surface area (Å²) in [5.41, 5.74) is 0. The number of amides is 1. The van der Waals surface area contributed by atoms with E-state index < -0.39 is 0 Å². The Kier molecular flexibility index (Phi) is 7.04. The molecule has 2 aromatic carbocycles. The first-order chi connectivity index (χ1) is 13.0. The zero-order valence-corrected chi connectivity index (χ0v) is 17.7. The van der Waals surface area contributed by atoms with Crippen molar-refractivity contribution in [3.63, 3.8) is 0 Å². The molecule has 0 spiro atoms. The topological polar surface area (TPSA) is 47.6 Å². The summed E-state index contributed by atoms with van der Waals surface area (Å²) in [6, 6.07) is 7.11. The number of benzene rings is 2. The smallest absolute Gasteiger partial charge is 0.219 e. The number of nitrogens with one attached hydrogen (secondary N) is 1. The van der Waals surface area contributed by atoms with Crippen LogP contribution < -0.4 is 14.8 Å². The number of hydrogen-bond donors (Lipinski definition) is 1. The van der Waals surface area contributed by atoms with Crippen LogP contribution in [-0.4, -0.2) is 19.6 Å². The summed E-state index contributed by atoms with van der Waals surface area (Å²) in [7, 11) is 1.65. The van der Waals surface area contributed by atoms with Crippen molar-refractivity contribution in [1.29, 1.82) is 0 Å². The van der Waals surface area contributed by atoms with Crippen LogP contribution in [0.5, 0.6) is 17.2 Å². The predicted molar refractivity (Wildman–Crippen MR) is 110 cm³/mol. The standard InChI is InChI=1S/C19H18Cl3NO3S/c1-23-19(24)5-3-2-4-6-25-14-10-18-16(8-13(14)22)26-15-7-11(20)12(21)9-17(15)27-18/h7-10H,2-6H2,1H3,(H,23,24). The maximum Gasteiger partial charge on any atom is 0.219 e. The largest absolute Gasteiger partial charge is 0.492 e. The lowest BCUT2D eigenvalue weighted by Gasteiger charge is -2.21. The Labute approximate surface area is 177 Å². The Morgan fingerprint density at radius 3 is 2.41 bits per heavy atom. The summed E-state index contributed by atoms with van der Waals surface area (Å²) in [5.74, 6) is 1.99. The molecule has 1 N–H and O–H groups in total. The van der Waals surface area contributed by atoms with E-state index in [0.29, 0.717) is 45.3 Å². The molecule has 1 aliphatic rings. The molecule has 0 fully saturated rings. The van der Waals surface area contributed by atoms with E-state index in [4.69, 9.17) is 44.3 Å². The molecule has 4 nitrogen and oxygen atoms in total. The summed E-state index contributed by atoms with van der Waals surface area (Å²) in [6.45, 7) is 0.537. The quantitative estimate of drug-likeness (QED) is 0.416. The van der Waals surface area contributed by atoms with E-state index in [1.807, 2.05) is 6.07 Å². The average Bonchev–Trinajstić information content (AvgIpc) is 2.64. The third-order valence-corrected chi connectivity index (χ3v) is 6.10. The van der Waals surface area contributed by atoms with Crippen molar-refractivity contribution in [1.82, 2.24) is 5.32 Å². The highest BCUT2D eigenvalue weighted by Gasteiger charge is 2.22. The summed E-state index contributed by atoms with van der Waals surface area (Å²) < 4.78 is 11.7. The predicted octanol–water partition coefficient (Wildman–Crippen LogP) is 6.59. The minimum absolute atomic E-state index is 0.0624. The van der Waals surface area contributed by atoms with Gasteiger partial charge in [0, 0.05) is 25.6 Å². The van der Waals surface area contributed by atoms with Gasteiger partial charge >= 0.3 is 0 Å². The second kappa shape index (κ2) is 9.28. The van der Waals surface area contributed by atoms with E-state index in [0.717, 1.165) is 29.1 Å². The van der Waals surface area contributed by atoms with Crippen LogP contribution in [0, 0.1) is 0 Å². The third-order valence-electron chi connectivity index (χ3n) is 4.01. The molecule has 0 saturated heterocycles. The Bertz CT molecular complexity index is 861. The Morgan fingerprint density at radius 1 is 1.00 bits per heavy atom. The van der Waals surface area contributed by atoms with Crippen molar-refractivity contribution >= 4 is 52.5 Å². The zero-order valence-electron chi connectivity index (χ0n) is 14.6. The number of carbonyl (C=O) groups is 1. The highest BCUT2D eigenvalue weighted by Crippen LogP contribution is 2.51. The Balaban J connectivity index is 1.60. The molecule has 2 aromatic rings. The Morgan fingerprint density at radius 2 is 1.67 bits per heavy atom. The monoisotopic (exact) mass is 445 g/mol. The molecular formula is C19H18Cl3NO3S. The van der Waals surface area contributed by atoms with E-state index in [-0.39, 0.29) is 5.91 Å². The molecule has 1 heterocycles. The van der Waals surface area contributed by atoms with Gasteiger partial charge in [0.2, 0.25) is 5.91 Å². The van der Waals surface area contributed by atoms with Crippen LogP contribution in [-0.2, 0) is 4.79 Å². The van der Waals surface area contributed by atoms with Crippen LogP contribution in [0.25, 0.3) is 0 Å². The van der Waals surface area contributed by atoms with Crippen molar-refractivity contribution in [3.05, 3.63) is 39.3 Å². The number of hydrogen-bond acceptors (Lipinski definition) is 4. The van der Waals surface area contributed by atoms with Crippen LogP contribution in [0.2, 0.25) is 15.1 Å².